The van der Waals surface area contributed by atoms with Crippen LogP contribution >= 0.6 is 0 Å². The van der Waals surface area contributed by atoms with E-state index in [4.69, 9.17) is 28.4 Å². The number of fused-ring (bicyclic) bond motifs is 6. The van der Waals surface area contributed by atoms with Gasteiger partial charge in [0.2, 0.25) is 17.7 Å². The summed E-state index contributed by atoms with van der Waals surface area (Å²) in [5.41, 5.74) is 5.86. The van der Waals surface area contributed by atoms with Crippen LogP contribution in [0.3, 0.4) is 0 Å². The van der Waals surface area contributed by atoms with Crippen molar-refractivity contribution < 1.29 is 71.6 Å². The fraction of sp³-hybridized carbons (Fsp3) is 0.524. The number of amides is 9. The van der Waals surface area contributed by atoms with Crippen molar-refractivity contribution in [1.82, 2.24) is 84.0 Å². The highest BCUT2D eigenvalue weighted by Crippen LogP contribution is 2.38. The second kappa shape index (κ2) is 47.3. The van der Waals surface area contributed by atoms with Gasteiger partial charge in [0.1, 0.15) is 39.6 Å². The summed E-state index contributed by atoms with van der Waals surface area (Å²) in [6.07, 6.45) is 28.6. The van der Waals surface area contributed by atoms with Crippen LogP contribution in [0.15, 0.2) is 123 Å². The molecule has 6 N–H and O–H groups in total. The Hall–Kier alpha value is -14.0. The maximum atomic E-state index is 12.8. The second-order valence-electron chi connectivity index (χ2n) is 38.1. The molecule has 0 aromatic carbocycles. The Balaban J connectivity index is 0.000000128. The normalized spacial score (nSPS) is 21.7. The summed E-state index contributed by atoms with van der Waals surface area (Å²) in [7, 11) is 5.35. The monoisotopic (exact) mass is 1930 g/mol. The molecule has 141 heavy (non-hydrogen) atoms. The van der Waals surface area contributed by atoms with E-state index in [0.717, 1.165) is 134 Å². The molecule has 20 heterocycles. The number of hydrogen-bond donors (Lipinski definition) is 6. The van der Waals surface area contributed by atoms with Crippen LogP contribution in [0, 0.1) is 5.92 Å². The Kier molecular flexibility index (Phi) is 34.1. The maximum absolute atomic E-state index is 12.8. The average Bonchev–Trinajstić information content (AvgIpc) is 1.81. The van der Waals surface area contributed by atoms with Crippen LogP contribution in [0.2, 0.25) is 0 Å². The maximum Gasteiger partial charge on any atom is 0.255 e. The minimum atomic E-state index is -0.0654. The number of likely N-dealkylation sites (tertiary alicyclic amines) is 6. The van der Waals surface area contributed by atoms with E-state index in [9.17, 15) is 43.2 Å². The molecule has 20 rings (SSSR count). The van der Waals surface area contributed by atoms with E-state index in [-0.39, 0.29) is 101 Å². The Labute approximate surface area is 824 Å². The van der Waals surface area contributed by atoms with Crippen molar-refractivity contribution in [1.29, 1.82) is 0 Å². The Bertz CT molecular complexity index is 5480. The van der Waals surface area contributed by atoms with E-state index in [0.29, 0.717) is 182 Å². The van der Waals surface area contributed by atoms with Gasteiger partial charge in [-0.15, -0.1) is 0 Å². The predicted molar refractivity (Wildman–Crippen MR) is 533 cm³/mol. The van der Waals surface area contributed by atoms with Crippen LogP contribution in [0.1, 0.15) is 224 Å². The average molecular weight is 1940 g/mol. The molecule has 0 saturated carbocycles. The van der Waals surface area contributed by atoms with Gasteiger partial charge in [0.15, 0.2) is 69.4 Å². The number of ether oxygens (including phenoxy) is 6. The van der Waals surface area contributed by atoms with Crippen molar-refractivity contribution >= 4 is 88.1 Å². The third-order valence-corrected chi connectivity index (χ3v) is 28.3. The number of anilines is 6. The van der Waals surface area contributed by atoms with E-state index in [2.05, 4.69) is 113 Å². The highest BCUT2D eigenvalue weighted by Gasteiger charge is 2.39. The third-order valence-electron chi connectivity index (χ3n) is 28.3. The van der Waals surface area contributed by atoms with Crippen molar-refractivity contribution in [2.24, 2.45) is 5.92 Å². The molecule has 38 heteroatoms. The van der Waals surface area contributed by atoms with Gasteiger partial charge in [-0.2, -0.15) is 0 Å². The third kappa shape index (κ3) is 25.3. The summed E-state index contributed by atoms with van der Waals surface area (Å²) in [4.78, 5) is 161. The minimum absolute atomic E-state index is 0.0214. The molecule has 6 saturated heterocycles. The first-order valence-corrected chi connectivity index (χ1v) is 49.8. The number of hydrogen-bond acceptors (Lipinski definition) is 29. The number of nitrogens with one attached hydrogen (secondary N) is 6. The van der Waals surface area contributed by atoms with Gasteiger partial charge in [-0.3, -0.25) is 53.1 Å². The first-order valence-electron chi connectivity index (χ1n) is 49.8. The first kappa shape index (κ1) is 101. The standard InChI is InChI=1S/2C19H22N4O2.C18H26N4O3.2C17H24N4O3.C13H17N3O2/c2*1-2-16-12-25-17-9-15(10-21-18(17)22-16)19(24)23-8-5-14(11-23)13-3-6-20-7-4-13;1-11(2)15-10-25-16-7-13(8-19-17(16)20-15)18(24)22-6-5-14(9-22)21(4)12(3)23;2*1-4-13-10-24-15-7-12(8-18-16(15)19-13)17(23)21-6-5-14(9-21)20(3)11(2)22;17-13(16-5-2-1-3-6-16)10-8-11-12(15-9-10)14-4-7-18-11/h2*3-4,6-7,9-10,14,16H,2,5,8,11-12H2,1H3,(H,21,22);7-8,11,14-15H,5-6,9-10H2,1-4H3,(H,19,20);2*7-8,13-14H,4-6,9-10H2,1-3H3,(H,18,19);8-9H,1-7H2,(H,14,15)/t2*14?,16-;14-,15-;13-,14+;13-,14-;/m10010./s1. The van der Waals surface area contributed by atoms with Crippen LogP contribution in [-0.2, 0) is 14.4 Å². The number of nitrogens with zero attached hydrogens (tertiary/aromatic N) is 17. The van der Waals surface area contributed by atoms with Gasteiger partial charge in [-0.25, -0.2) is 29.9 Å². The number of pyridine rings is 8. The zero-order chi connectivity index (χ0) is 99.5. The lowest BCUT2D eigenvalue weighted by molar-refractivity contribution is -0.130. The summed E-state index contributed by atoms with van der Waals surface area (Å²) < 4.78 is 34.3. The van der Waals surface area contributed by atoms with Gasteiger partial charge in [-0.05, 0) is 155 Å². The molecule has 0 spiro atoms. The highest BCUT2D eigenvalue weighted by molar-refractivity contribution is 5.99. The van der Waals surface area contributed by atoms with Gasteiger partial charge < -0.3 is 104 Å². The summed E-state index contributed by atoms with van der Waals surface area (Å²) >= 11 is 0. The van der Waals surface area contributed by atoms with E-state index in [1.165, 1.54) is 17.5 Å². The van der Waals surface area contributed by atoms with Crippen molar-refractivity contribution in [2.45, 2.75) is 200 Å². The Morgan fingerprint density at radius 1 is 0.348 bits per heavy atom. The molecular formula is C103H135N23O15. The summed E-state index contributed by atoms with van der Waals surface area (Å²) in [6, 6.07) is 20.4. The lowest BCUT2D eigenvalue weighted by Gasteiger charge is -2.29. The van der Waals surface area contributed by atoms with Gasteiger partial charge >= 0.3 is 0 Å². The molecule has 2 unspecified atom stereocenters. The molecule has 0 bridgehead atoms. The number of likely N-dealkylation sites (N-methyl/N-ethyl adjacent to an activating group) is 3. The lowest BCUT2D eigenvalue weighted by atomic mass is 10.00. The number of carbonyl (C=O) groups is 9. The molecule has 0 aliphatic carbocycles. The quantitative estimate of drug-likeness (QED) is 0.0523. The highest BCUT2D eigenvalue weighted by atomic mass is 16.5. The van der Waals surface area contributed by atoms with Crippen LogP contribution in [0.4, 0.5) is 34.9 Å². The Morgan fingerprint density at radius 3 is 0.929 bits per heavy atom. The summed E-state index contributed by atoms with van der Waals surface area (Å²) in [5.74, 6) is 9.34. The van der Waals surface area contributed by atoms with Gasteiger partial charge in [-0.1, -0.05) is 41.5 Å². The van der Waals surface area contributed by atoms with Crippen molar-refractivity contribution in [3.63, 3.8) is 0 Å². The van der Waals surface area contributed by atoms with Crippen LogP contribution in [0.25, 0.3) is 0 Å². The molecule has 752 valence electrons. The SMILES string of the molecule is CC(=O)N(C)[C@H]1CCN(C(=O)c2cnc3c(c2)OC[C@@H](C(C)C)N3)C1.CC[C@@H]1COc2cc(C(=O)N3CCC(c4ccncc4)C3)cnc2N1.CC[C@@H]1COc2cc(C(=O)N3CC[C@H](N(C)C(C)=O)C3)cnc2N1.CC[C@H]1COc2cc(C(=O)N3CCC(c4ccncc4)C3)cnc2N1.CC[C@H]1COc2cc(C(=O)N3CC[C@H](N(C)C(C)=O)C3)cnc2N1.O=C(c1cnc2c(c1)OCCN2)N1CCCCC1. The largest absolute Gasteiger partial charge is 0.488 e. The van der Waals surface area contributed by atoms with E-state index < -0.39 is 0 Å². The number of piperidine rings is 1. The van der Waals surface area contributed by atoms with E-state index in [1.54, 1.807) is 158 Å². The first-order chi connectivity index (χ1) is 68.2. The van der Waals surface area contributed by atoms with Gasteiger partial charge in [0.25, 0.3) is 35.4 Å². The van der Waals surface area contributed by atoms with Crippen LogP contribution < -0.4 is 60.3 Å². The summed E-state index contributed by atoms with van der Waals surface area (Å²) in [6.45, 7) is 30.0. The number of rotatable bonds is 16. The van der Waals surface area contributed by atoms with Gasteiger partial charge in [0, 0.05) is 194 Å². The van der Waals surface area contributed by atoms with Gasteiger partial charge in [0.05, 0.1) is 88.3 Å². The van der Waals surface area contributed by atoms with Crippen LogP contribution in [0.5, 0.6) is 34.5 Å². The molecule has 12 aliphatic heterocycles. The molecular weight excluding hydrogens is 1800 g/mol. The molecule has 0 radical (unpaired) electrons. The van der Waals surface area contributed by atoms with Crippen molar-refractivity contribution in [3.05, 3.63) is 167 Å². The molecule has 10 atom stereocenters. The fourth-order valence-corrected chi connectivity index (χ4v) is 18.8. The van der Waals surface area contributed by atoms with Crippen LogP contribution in [-0.4, -0.2) is 331 Å². The fourth-order valence-electron chi connectivity index (χ4n) is 18.8. The molecule has 12 aliphatic rings. The predicted octanol–water partition coefficient (Wildman–Crippen LogP) is 11.2. The molecule has 8 aromatic heterocycles. The second-order valence-corrected chi connectivity index (χ2v) is 38.1. The topological polar surface area (TPSA) is 413 Å². The molecule has 8 aromatic rings. The Morgan fingerprint density at radius 2 is 0.624 bits per heavy atom. The van der Waals surface area contributed by atoms with Crippen molar-refractivity contribution in [3.8, 4) is 34.5 Å². The molecule has 9 amide bonds. The van der Waals surface area contributed by atoms with E-state index >= 15 is 0 Å². The zero-order valence-corrected chi connectivity index (χ0v) is 83.0. The molecule has 6 fully saturated rings. The summed E-state index contributed by atoms with van der Waals surface area (Å²) in [5, 5.41) is 19.8. The molecule has 38 nitrogen and oxygen atoms in total. The van der Waals surface area contributed by atoms with Crippen molar-refractivity contribution in [2.75, 3.05) is 178 Å². The zero-order valence-electron chi connectivity index (χ0n) is 83.0. The smallest absolute Gasteiger partial charge is 0.255 e. The number of carbonyl (C=O) groups excluding carboxylic acids is 9. The lowest BCUT2D eigenvalue weighted by Crippen LogP contribution is -2.39. The number of aromatic nitrogens is 8. The minimum Gasteiger partial charge on any atom is -0.488 e. The van der Waals surface area contributed by atoms with E-state index in [1.807, 2.05) is 51.1 Å².